The second-order valence-electron chi connectivity index (χ2n) is 7.41. The molecule has 1 saturated carbocycles. The van der Waals surface area contributed by atoms with Crippen molar-refractivity contribution in [2.75, 3.05) is 0 Å². The maximum Gasteiger partial charge on any atom is -0.0264 e. The maximum atomic E-state index is 2.47. The van der Waals surface area contributed by atoms with Crippen molar-refractivity contribution in [2.24, 2.45) is 23.2 Å². The third-order valence-corrected chi connectivity index (χ3v) is 4.99. The predicted molar refractivity (Wildman–Crippen MR) is 82.8 cm³/mol. The van der Waals surface area contributed by atoms with E-state index in [0.29, 0.717) is 5.41 Å². The van der Waals surface area contributed by atoms with E-state index in [4.69, 9.17) is 0 Å². The van der Waals surface area contributed by atoms with Gasteiger partial charge in [-0.1, -0.05) is 60.3 Å². The van der Waals surface area contributed by atoms with Crippen LogP contribution in [0.4, 0.5) is 0 Å². The molecule has 0 heteroatoms. The van der Waals surface area contributed by atoms with Crippen molar-refractivity contribution in [2.45, 2.75) is 92.4 Å². The highest BCUT2D eigenvalue weighted by atomic mass is 14.5. The summed E-state index contributed by atoms with van der Waals surface area (Å²) in [6.07, 6.45) is 13.2. The van der Waals surface area contributed by atoms with Crippen LogP contribution >= 0.6 is 0 Å². The van der Waals surface area contributed by atoms with Crippen LogP contribution in [0.15, 0.2) is 0 Å². The van der Waals surface area contributed by atoms with Crippen molar-refractivity contribution in [3.05, 3.63) is 0 Å². The number of hydrogen-bond donors (Lipinski definition) is 0. The van der Waals surface area contributed by atoms with Gasteiger partial charge >= 0.3 is 0 Å². The molecule has 1 rings (SSSR count). The lowest BCUT2D eigenvalue weighted by atomic mass is 9.67. The summed E-state index contributed by atoms with van der Waals surface area (Å²) in [4.78, 5) is 0. The molecule has 0 saturated heterocycles. The lowest BCUT2D eigenvalue weighted by molar-refractivity contribution is 0.122. The Morgan fingerprint density at radius 1 is 1.00 bits per heavy atom. The largest absolute Gasteiger partial charge is 0.0654 e. The fourth-order valence-electron chi connectivity index (χ4n) is 3.90. The van der Waals surface area contributed by atoms with E-state index >= 15 is 0 Å². The van der Waals surface area contributed by atoms with Crippen LogP contribution in [0.25, 0.3) is 0 Å². The highest BCUT2D eigenvalue weighted by Crippen LogP contribution is 2.55. The van der Waals surface area contributed by atoms with Gasteiger partial charge in [-0.2, -0.15) is 0 Å². The fraction of sp³-hybridized carbons (Fsp3) is 1.00. The Morgan fingerprint density at radius 2 is 1.67 bits per heavy atom. The second kappa shape index (κ2) is 7.56. The van der Waals surface area contributed by atoms with E-state index in [1.54, 1.807) is 0 Å². The minimum absolute atomic E-state index is 0.707. The van der Waals surface area contributed by atoms with Crippen molar-refractivity contribution in [3.8, 4) is 0 Å². The molecule has 0 heterocycles. The molecule has 108 valence electrons. The molecule has 1 aliphatic rings. The number of unbranched alkanes of at least 4 members (excludes halogenated alkanes) is 2. The summed E-state index contributed by atoms with van der Waals surface area (Å²) in [5.74, 6) is 2.87. The van der Waals surface area contributed by atoms with Crippen molar-refractivity contribution in [1.29, 1.82) is 0 Å². The van der Waals surface area contributed by atoms with Gasteiger partial charge in [0.25, 0.3) is 0 Å². The molecule has 0 amide bonds. The van der Waals surface area contributed by atoms with Crippen LogP contribution in [0, 0.1) is 23.2 Å². The molecule has 1 fully saturated rings. The maximum absolute atomic E-state index is 2.47. The van der Waals surface area contributed by atoms with Crippen LogP contribution in [0.1, 0.15) is 92.4 Å². The third-order valence-electron chi connectivity index (χ3n) is 4.99. The predicted octanol–water partition coefficient (Wildman–Crippen LogP) is 6.45. The molecule has 2 unspecified atom stereocenters. The monoisotopic (exact) mass is 252 g/mol. The first-order valence-electron chi connectivity index (χ1n) is 8.54. The highest BCUT2D eigenvalue weighted by molar-refractivity contribution is 4.95. The molecule has 0 aliphatic heterocycles. The molecule has 0 aromatic rings. The zero-order valence-corrected chi connectivity index (χ0v) is 13.6. The van der Waals surface area contributed by atoms with Crippen molar-refractivity contribution in [1.82, 2.24) is 0 Å². The van der Waals surface area contributed by atoms with E-state index in [1.165, 1.54) is 57.8 Å². The molecule has 1 aliphatic carbocycles. The van der Waals surface area contributed by atoms with Gasteiger partial charge in [0.2, 0.25) is 0 Å². The zero-order chi connectivity index (χ0) is 13.6. The summed E-state index contributed by atoms with van der Waals surface area (Å²) < 4.78 is 0. The van der Waals surface area contributed by atoms with Gasteiger partial charge in [-0.25, -0.2) is 0 Å². The molecule has 0 bridgehead atoms. The van der Waals surface area contributed by atoms with E-state index in [0.717, 1.165) is 17.8 Å². The molecule has 0 nitrogen and oxygen atoms in total. The van der Waals surface area contributed by atoms with Gasteiger partial charge < -0.3 is 0 Å². The Bertz CT molecular complexity index is 214. The lowest BCUT2D eigenvalue weighted by Gasteiger charge is -2.38. The Morgan fingerprint density at radius 3 is 2.11 bits per heavy atom. The standard InChI is InChI=1S/C18H36/c1-6-8-9-12-18(13-15(3)4,17-10-11-17)14-16(5)7-2/h15-17H,6-14H2,1-5H3. The van der Waals surface area contributed by atoms with E-state index in [1.807, 2.05) is 0 Å². The van der Waals surface area contributed by atoms with E-state index in [9.17, 15) is 0 Å². The molecule has 0 spiro atoms. The van der Waals surface area contributed by atoms with Crippen LogP contribution in [-0.4, -0.2) is 0 Å². The van der Waals surface area contributed by atoms with E-state index < -0.39 is 0 Å². The fourth-order valence-corrected chi connectivity index (χ4v) is 3.90. The minimum Gasteiger partial charge on any atom is -0.0654 e. The molecule has 18 heavy (non-hydrogen) atoms. The SMILES string of the molecule is CCCCCC(CC(C)C)(CC(C)CC)C1CC1. The minimum atomic E-state index is 0.707. The first kappa shape index (κ1) is 16.1. The van der Waals surface area contributed by atoms with Gasteiger partial charge in [-0.15, -0.1) is 0 Å². The van der Waals surface area contributed by atoms with Crippen molar-refractivity contribution in [3.63, 3.8) is 0 Å². The van der Waals surface area contributed by atoms with Crippen molar-refractivity contribution < 1.29 is 0 Å². The quantitative estimate of drug-likeness (QED) is 0.392. The Labute approximate surface area is 116 Å². The van der Waals surface area contributed by atoms with E-state index in [-0.39, 0.29) is 0 Å². The van der Waals surface area contributed by atoms with Gasteiger partial charge in [0, 0.05) is 0 Å². The number of hydrogen-bond acceptors (Lipinski definition) is 0. The molecule has 0 aromatic heterocycles. The summed E-state index contributed by atoms with van der Waals surface area (Å²) in [6.45, 7) is 12.0. The molecule has 2 atom stereocenters. The normalized spacial score (nSPS) is 21.0. The molecule has 0 radical (unpaired) electrons. The van der Waals surface area contributed by atoms with E-state index in [2.05, 4.69) is 34.6 Å². The Balaban J connectivity index is 2.66. The summed E-state index contributed by atoms with van der Waals surface area (Å²) in [6, 6.07) is 0. The highest BCUT2D eigenvalue weighted by Gasteiger charge is 2.44. The first-order valence-corrected chi connectivity index (χ1v) is 8.54. The second-order valence-corrected chi connectivity index (χ2v) is 7.41. The summed E-state index contributed by atoms with van der Waals surface area (Å²) in [7, 11) is 0. The average molecular weight is 252 g/mol. The summed E-state index contributed by atoms with van der Waals surface area (Å²) in [5.41, 5.74) is 0.707. The van der Waals surface area contributed by atoms with Gasteiger partial charge in [-0.05, 0) is 55.3 Å². The van der Waals surface area contributed by atoms with Crippen LogP contribution in [0.2, 0.25) is 0 Å². The first-order chi connectivity index (χ1) is 8.54. The van der Waals surface area contributed by atoms with Crippen LogP contribution in [-0.2, 0) is 0 Å². The zero-order valence-electron chi connectivity index (χ0n) is 13.6. The Hall–Kier alpha value is 0. The Kier molecular flexibility index (Phi) is 6.74. The van der Waals surface area contributed by atoms with Gasteiger partial charge in [-0.3, -0.25) is 0 Å². The summed E-state index contributed by atoms with van der Waals surface area (Å²) >= 11 is 0. The van der Waals surface area contributed by atoms with Crippen LogP contribution < -0.4 is 0 Å². The molecular formula is C18H36. The molecule has 0 aromatic carbocycles. The smallest absolute Gasteiger partial charge is 0.0264 e. The van der Waals surface area contributed by atoms with Crippen LogP contribution in [0.3, 0.4) is 0 Å². The van der Waals surface area contributed by atoms with Gasteiger partial charge in [0.15, 0.2) is 0 Å². The van der Waals surface area contributed by atoms with Crippen molar-refractivity contribution >= 4 is 0 Å². The van der Waals surface area contributed by atoms with Gasteiger partial charge in [0.1, 0.15) is 0 Å². The van der Waals surface area contributed by atoms with Gasteiger partial charge in [0.05, 0.1) is 0 Å². The molecule has 0 N–H and O–H groups in total. The third kappa shape index (κ3) is 4.94. The molecular weight excluding hydrogens is 216 g/mol. The van der Waals surface area contributed by atoms with Crippen LogP contribution in [0.5, 0.6) is 0 Å². The average Bonchev–Trinajstić information content (AvgIpc) is 3.12. The topological polar surface area (TPSA) is 0 Å². The lowest BCUT2D eigenvalue weighted by Crippen LogP contribution is -2.28. The summed E-state index contributed by atoms with van der Waals surface area (Å²) in [5, 5.41) is 0. The number of rotatable bonds is 10.